The molecule has 0 radical (unpaired) electrons. The molecule has 1 aliphatic rings. The summed E-state index contributed by atoms with van der Waals surface area (Å²) < 4.78 is 22.7. The van der Waals surface area contributed by atoms with Crippen molar-refractivity contribution in [3.8, 4) is 11.4 Å². The van der Waals surface area contributed by atoms with Gasteiger partial charge in [0.05, 0.1) is 56.0 Å². The zero-order chi connectivity index (χ0) is 28.4. The molecule has 3 atom stereocenters. The Kier molecular flexibility index (Phi) is 7.82. The van der Waals surface area contributed by atoms with Crippen molar-refractivity contribution in [3.63, 3.8) is 0 Å². The number of aryl methyl sites for hydroxylation is 1. The molecule has 0 spiro atoms. The molecule has 1 aromatic carbocycles. The van der Waals surface area contributed by atoms with E-state index in [9.17, 15) is 9.00 Å². The third-order valence-electron chi connectivity index (χ3n) is 7.01. The molecule has 4 aromatic rings. The van der Waals surface area contributed by atoms with Crippen LogP contribution in [0.15, 0.2) is 70.1 Å². The van der Waals surface area contributed by atoms with Crippen LogP contribution in [0.1, 0.15) is 35.5 Å². The van der Waals surface area contributed by atoms with E-state index in [1.54, 1.807) is 30.7 Å². The van der Waals surface area contributed by atoms with Gasteiger partial charge in [0.1, 0.15) is 5.82 Å². The number of amides is 1. The number of carbonyl (C=O) groups is 1. The summed E-state index contributed by atoms with van der Waals surface area (Å²) in [6.45, 7) is 7.83. The van der Waals surface area contributed by atoms with Gasteiger partial charge < -0.3 is 15.0 Å². The Morgan fingerprint density at radius 2 is 1.82 bits per heavy atom. The van der Waals surface area contributed by atoms with Gasteiger partial charge in [0.2, 0.25) is 0 Å². The van der Waals surface area contributed by atoms with Crippen molar-refractivity contribution in [1.29, 1.82) is 0 Å². The van der Waals surface area contributed by atoms with E-state index in [-0.39, 0.29) is 24.7 Å². The van der Waals surface area contributed by atoms with Crippen LogP contribution in [0.4, 0.5) is 5.82 Å². The van der Waals surface area contributed by atoms with Crippen LogP contribution in [0, 0.1) is 6.92 Å². The molecule has 9 nitrogen and oxygen atoms in total. The zero-order valence-electron chi connectivity index (χ0n) is 23.4. The number of nitrogens with zero attached hydrogens (tertiary/aromatic N) is 5. The molecular weight excluding hydrogens is 524 g/mol. The maximum Gasteiger partial charge on any atom is 0.251 e. The van der Waals surface area contributed by atoms with Crippen molar-refractivity contribution in [2.75, 3.05) is 31.3 Å². The first-order valence-corrected chi connectivity index (χ1v) is 15.2. The summed E-state index contributed by atoms with van der Waals surface area (Å²) in [5.74, 6) is 0.634. The Hall–Kier alpha value is -3.89. The number of rotatable bonds is 6. The fourth-order valence-electron chi connectivity index (χ4n) is 4.92. The molecule has 0 saturated carbocycles. The summed E-state index contributed by atoms with van der Waals surface area (Å²) in [5.41, 5.74) is 4.27. The van der Waals surface area contributed by atoms with Crippen molar-refractivity contribution in [1.82, 2.24) is 20.3 Å². The number of morpholine rings is 1. The van der Waals surface area contributed by atoms with E-state index in [0.717, 1.165) is 46.8 Å². The predicted molar refractivity (Wildman–Crippen MR) is 158 cm³/mol. The van der Waals surface area contributed by atoms with Crippen molar-refractivity contribution in [3.05, 3.63) is 77.6 Å². The Labute approximate surface area is 235 Å². The van der Waals surface area contributed by atoms with Gasteiger partial charge in [0.25, 0.3) is 5.91 Å². The Bertz CT molecular complexity index is 1690. The number of fused-ring (bicyclic) bond motifs is 1. The number of anilines is 1. The number of carbonyl (C=O) groups excluding carboxylic acids is 1. The van der Waals surface area contributed by atoms with Gasteiger partial charge in [-0.1, -0.05) is 12.1 Å². The molecule has 10 heteroatoms. The first-order valence-electron chi connectivity index (χ1n) is 13.3. The summed E-state index contributed by atoms with van der Waals surface area (Å²) >= 11 is 0. The third-order valence-corrected chi connectivity index (χ3v) is 8.96. The summed E-state index contributed by atoms with van der Waals surface area (Å²) in [7, 11) is -1.03. The molecule has 0 bridgehead atoms. The molecule has 1 amide bonds. The lowest BCUT2D eigenvalue weighted by Gasteiger charge is -2.36. The topological polar surface area (TPSA) is 110 Å². The minimum atomic E-state index is -2.56. The van der Waals surface area contributed by atoms with E-state index >= 15 is 0 Å². The Morgan fingerprint density at radius 1 is 1.07 bits per heavy atom. The van der Waals surface area contributed by atoms with Crippen LogP contribution in [0.25, 0.3) is 22.3 Å². The zero-order valence-corrected chi connectivity index (χ0v) is 24.2. The van der Waals surface area contributed by atoms with Gasteiger partial charge in [-0.3, -0.25) is 9.78 Å². The van der Waals surface area contributed by atoms with Crippen LogP contribution >= 0.6 is 0 Å². The van der Waals surface area contributed by atoms with E-state index in [2.05, 4.69) is 33.4 Å². The largest absolute Gasteiger partial charge is 0.372 e. The van der Waals surface area contributed by atoms with Crippen molar-refractivity contribution in [2.45, 2.75) is 44.4 Å². The predicted octanol–water partition coefficient (Wildman–Crippen LogP) is 4.63. The fourth-order valence-corrected chi connectivity index (χ4v) is 6.13. The normalized spacial score (nSPS) is 18.8. The number of nitrogens with one attached hydrogen (secondary N) is 1. The lowest BCUT2D eigenvalue weighted by atomic mass is 10.1. The maximum absolute atomic E-state index is 12.9. The fraction of sp³-hybridized carbons (Fsp3) is 0.333. The van der Waals surface area contributed by atoms with Gasteiger partial charge >= 0.3 is 0 Å². The number of ether oxygens (including phenoxy) is 1. The molecule has 1 unspecified atom stereocenters. The van der Waals surface area contributed by atoms with Gasteiger partial charge in [0.15, 0.2) is 0 Å². The van der Waals surface area contributed by atoms with E-state index in [1.807, 2.05) is 43.3 Å². The quantitative estimate of drug-likeness (QED) is 0.367. The average Bonchev–Trinajstić information content (AvgIpc) is 2.95. The molecular formula is C30H34N6O3S. The summed E-state index contributed by atoms with van der Waals surface area (Å²) in [6, 6.07) is 17.0. The van der Waals surface area contributed by atoms with Gasteiger partial charge in [-0.05, 0) is 68.8 Å². The minimum Gasteiger partial charge on any atom is -0.372 e. The Morgan fingerprint density at radius 3 is 2.58 bits per heavy atom. The van der Waals surface area contributed by atoms with E-state index in [4.69, 9.17) is 14.7 Å². The van der Waals surface area contributed by atoms with Crippen LogP contribution in [0.5, 0.6) is 0 Å². The maximum atomic E-state index is 12.9. The highest BCUT2D eigenvalue weighted by atomic mass is 32.2. The molecule has 5 rings (SSSR count). The third kappa shape index (κ3) is 5.97. The van der Waals surface area contributed by atoms with Crippen LogP contribution in [-0.4, -0.2) is 63.7 Å². The second kappa shape index (κ2) is 11.3. The molecule has 3 aromatic heterocycles. The minimum absolute atomic E-state index is 0.146. The lowest BCUT2D eigenvalue weighted by molar-refractivity contribution is -0.00545. The lowest BCUT2D eigenvalue weighted by Crippen LogP contribution is -2.45. The molecule has 1 N–H and O–H groups in total. The number of hydrogen-bond donors (Lipinski definition) is 1. The van der Waals surface area contributed by atoms with E-state index < -0.39 is 9.73 Å². The van der Waals surface area contributed by atoms with E-state index in [1.165, 1.54) is 7.05 Å². The smallest absolute Gasteiger partial charge is 0.251 e. The van der Waals surface area contributed by atoms with Crippen LogP contribution in [-0.2, 0) is 21.0 Å². The summed E-state index contributed by atoms with van der Waals surface area (Å²) in [4.78, 5) is 30.0. The van der Waals surface area contributed by atoms with Crippen LogP contribution in [0.3, 0.4) is 0 Å². The first-order chi connectivity index (χ1) is 19.1. The molecule has 40 heavy (non-hydrogen) atoms. The summed E-state index contributed by atoms with van der Waals surface area (Å²) in [5, 5.41) is 3.81. The van der Waals surface area contributed by atoms with Gasteiger partial charge in [-0.15, -0.1) is 0 Å². The molecule has 1 aliphatic heterocycles. The number of hydrogen-bond acceptors (Lipinski definition) is 8. The monoisotopic (exact) mass is 558 g/mol. The highest BCUT2D eigenvalue weighted by molar-refractivity contribution is 7.93. The number of pyridine rings is 3. The van der Waals surface area contributed by atoms with Crippen molar-refractivity contribution >= 4 is 32.4 Å². The van der Waals surface area contributed by atoms with Gasteiger partial charge in [-0.25, -0.2) is 18.5 Å². The SMILES string of the molecule is CN=S(C)(=O)c1cc(C(=O)NCc2cc3nc(-c4cccc(N5C[C@@H](C)O[C@@H](C)C5)n4)ccc3cn2)ccc1C. The van der Waals surface area contributed by atoms with Crippen molar-refractivity contribution < 1.29 is 13.7 Å². The van der Waals surface area contributed by atoms with Crippen LogP contribution in [0.2, 0.25) is 0 Å². The van der Waals surface area contributed by atoms with Crippen LogP contribution < -0.4 is 10.2 Å². The second-order valence-electron chi connectivity index (χ2n) is 10.3. The molecule has 4 heterocycles. The highest BCUT2D eigenvalue weighted by Gasteiger charge is 2.23. The number of aromatic nitrogens is 3. The molecule has 0 aliphatic carbocycles. The Balaban J connectivity index is 1.34. The van der Waals surface area contributed by atoms with Crippen molar-refractivity contribution in [2.24, 2.45) is 4.36 Å². The number of benzene rings is 1. The molecule has 1 fully saturated rings. The molecule has 1 saturated heterocycles. The second-order valence-corrected chi connectivity index (χ2v) is 12.7. The first kappa shape index (κ1) is 27.7. The van der Waals surface area contributed by atoms with Gasteiger partial charge in [-0.2, -0.15) is 0 Å². The standard InChI is InChI=1S/C30H34N6O3S/c1-19-9-10-22(13-28(19)40(5,38)31-4)30(37)33-16-24-14-27-23(15-32-24)11-12-26(34-27)25-7-6-8-29(35-25)36-17-20(2)39-21(3)18-36/h6-15,20-21H,16-18H2,1-5H3,(H,33,37)/t20-,21+,40?. The highest BCUT2D eigenvalue weighted by Crippen LogP contribution is 2.24. The van der Waals surface area contributed by atoms with E-state index in [0.29, 0.717) is 16.2 Å². The average molecular weight is 559 g/mol. The molecule has 208 valence electrons. The van der Waals surface area contributed by atoms with Gasteiger partial charge in [0, 0.05) is 43.5 Å². The summed E-state index contributed by atoms with van der Waals surface area (Å²) in [6.07, 6.45) is 3.62.